The first-order chi connectivity index (χ1) is 7.50. The summed E-state index contributed by atoms with van der Waals surface area (Å²) in [5.74, 6) is 1.15. The lowest BCUT2D eigenvalue weighted by Crippen LogP contribution is -2.04. The normalized spacial score (nSPS) is 10.9. The van der Waals surface area contributed by atoms with E-state index in [1.54, 1.807) is 0 Å². The van der Waals surface area contributed by atoms with E-state index < -0.39 is 0 Å². The molecule has 0 N–H and O–H groups in total. The molecule has 4 heteroatoms. The van der Waals surface area contributed by atoms with Gasteiger partial charge in [0.2, 0.25) is 0 Å². The van der Waals surface area contributed by atoms with Crippen LogP contribution < -0.4 is 4.74 Å². The lowest BCUT2D eigenvalue weighted by molar-refractivity contribution is 0.285. The molecular formula is C12H19ClN2O. The van der Waals surface area contributed by atoms with Crippen molar-refractivity contribution in [2.45, 2.75) is 40.5 Å². The van der Waals surface area contributed by atoms with E-state index in [-0.39, 0.29) is 0 Å². The van der Waals surface area contributed by atoms with Crippen LogP contribution in [0.5, 0.6) is 5.88 Å². The third kappa shape index (κ3) is 3.97. The number of aromatic nitrogens is 2. The zero-order chi connectivity index (χ0) is 12.1. The third-order valence-electron chi connectivity index (χ3n) is 2.40. The van der Waals surface area contributed by atoms with E-state index in [2.05, 4.69) is 23.8 Å². The molecular weight excluding hydrogens is 224 g/mol. The van der Waals surface area contributed by atoms with E-state index in [9.17, 15) is 0 Å². The summed E-state index contributed by atoms with van der Waals surface area (Å²) >= 11 is 5.94. The highest BCUT2D eigenvalue weighted by atomic mass is 35.5. The second kappa shape index (κ2) is 6.04. The van der Waals surface area contributed by atoms with E-state index in [4.69, 9.17) is 16.3 Å². The minimum Gasteiger partial charge on any atom is -0.475 e. The van der Waals surface area contributed by atoms with Gasteiger partial charge in [-0.1, -0.05) is 25.4 Å². The molecule has 1 aromatic heterocycles. The van der Waals surface area contributed by atoms with Crippen LogP contribution in [-0.4, -0.2) is 16.6 Å². The Morgan fingerprint density at radius 1 is 1.19 bits per heavy atom. The number of aryl methyl sites for hydroxylation is 2. The van der Waals surface area contributed by atoms with Gasteiger partial charge in [-0.2, -0.15) is 0 Å². The van der Waals surface area contributed by atoms with Crippen molar-refractivity contribution in [2.24, 2.45) is 5.92 Å². The van der Waals surface area contributed by atoms with E-state index in [0.717, 1.165) is 24.2 Å². The molecule has 0 aliphatic rings. The number of nitrogens with zero attached hydrogens (tertiary/aromatic N) is 2. The van der Waals surface area contributed by atoms with Crippen LogP contribution in [0.2, 0.25) is 5.15 Å². The minimum absolute atomic E-state index is 0.354. The van der Waals surface area contributed by atoms with Crippen molar-refractivity contribution in [2.75, 3.05) is 6.61 Å². The Morgan fingerprint density at radius 3 is 2.44 bits per heavy atom. The van der Waals surface area contributed by atoms with Gasteiger partial charge >= 0.3 is 0 Å². The lowest BCUT2D eigenvalue weighted by Gasteiger charge is -2.09. The molecule has 3 nitrogen and oxygen atoms in total. The van der Waals surface area contributed by atoms with E-state index >= 15 is 0 Å². The van der Waals surface area contributed by atoms with Crippen LogP contribution in [0.4, 0.5) is 0 Å². The fraction of sp³-hybridized carbons (Fsp3) is 0.667. The maximum atomic E-state index is 5.94. The van der Waals surface area contributed by atoms with Gasteiger partial charge in [0, 0.05) is 0 Å². The molecule has 1 heterocycles. The van der Waals surface area contributed by atoms with Gasteiger partial charge in [0.15, 0.2) is 5.15 Å². The Morgan fingerprint density at radius 2 is 1.81 bits per heavy atom. The molecule has 0 aliphatic heterocycles. The van der Waals surface area contributed by atoms with Crippen molar-refractivity contribution in [3.63, 3.8) is 0 Å². The molecule has 0 saturated carbocycles. The molecule has 0 aromatic carbocycles. The fourth-order valence-electron chi connectivity index (χ4n) is 1.31. The zero-order valence-electron chi connectivity index (χ0n) is 10.4. The monoisotopic (exact) mass is 242 g/mol. The summed E-state index contributed by atoms with van der Waals surface area (Å²) in [6, 6.07) is 0. The van der Waals surface area contributed by atoms with Crippen molar-refractivity contribution in [3.8, 4) is 5.88 Å². The first-order valence-electron chi connectivity index (χ1n) is 5.64. The van der Waals surface area contributed by atoms with Crippen LogP contribution in [0.25, 0.3) is 0 Å². The van der Waals surface area contributed by atoms with E-state index in [1.165, 1.54) is 0 Å². The summed E-state index contributed by atoms with van der Waals surface area (Å²) in [5.41, 5.74) is 1.71. The summed E-state index contributed by atoms with van der Waals surface area (Å²) in [4.78, 5) is 8.44. The molecule has 0 amide bonds. The van der Waals surface area contributed by atoms with Crippen LogP contribution in [0.1, 0.15) is 38.1 Å². The topological polar surface area (TPSA) is 35.0 Å². The number of hydrogen-bond acceptors (Lipinski definition) is 3. The number of halogens is 1. The zero-order valence-corrected chi connectivity index (χ0v) is 11.1. The molecule has 0 radical (unpaired) electrons. The van der Waals surface area contributed by atoms with Crippen molar-refractivity contribution in [1.82, 2.24) is 9.97 Å². The summed E-state index contributed by atoms with van der Waals surface area (Å²) in [6.45, 7) is 8.83. The quantitative estimate of drug-likeness (QED) is 0.741. The molecule has 0 fully saturated rings. The molecule has 1 aromatic rings. The van der Waals surface area contributed by atoms with Gasteiger partial charge in [0.1, 0.15) is 0 Å². The number of hydrogen-bond donors (Lipinski definition) is 0. The Kier molecular flexibility index (Phi) is 5.00. The summed E-state index contributed by atoms with van der Waals surface area (Å²) < 4.78 is 5.52. The molecule has 0 saturated heterocycles. The molecule has 0 atom stereocenters. The Bertz CT molecular complexity index is 353. The molecule has 1 rings (SSSR count). The molecule has 0 unspecified atom stereocenters. The first kappa shape index (κ1) is 13.2. The Labute approximate surface area is 102 Å². The molecule has 0 aliphatic carbocycles. The molecule has 0 bridgehead atoms. The average Bonchev–Trinajstić information content (AvgIpc) is 2.19. The average molecular weight is 243 g/mol. The third-order valence-corrected chi connectivity index (χ3v) is 2.65. The van der Waals surface area contributed by atoms with Crippen LogP contribution >= 0.6 is 11.6 Å². The predicted octanol–water partition coefficient (Wildman–Crippen LogP) is 3.56. The predicted molar refractivity (Wildman–Crippen MR) is 66.1 cm³/mol. The maximum absolute atomic E-state index is 5.94. The van der Waals surface area contributed by atoms with Gasteiger partial charge in [0.25, 0.3) is 5.88 Å². The highest BCUT2D eigenvalue weighted by Crippen LogP contribution is 2.21. The fourth-order valence-corrected chi connectivity index (χ4v) is 1.53. The summed E-state index contributed by atoms with van der Waals surface area (Å²) in [5, 5.41) is 0.354. The maximum Gasteiger partial charge on any atom is 0.252 e. The smallest absolute Gasteiger partial charge is 0.252 e. The van der Waals surface area contributed by atoms with Crippen molar-refractivity contribution >= 4 is 11.6 Å². The van der Waals surface area contributed by atoms with Crippen molar-refractivity contribution in [1.29, 1.82) is 0 Å². The van der Waals surface area contributed by atoms with E-state index in [0.29, 0.717) is 23.6 Å². The van der Waals surface area contributed by atoms with Crippen LogP contribution in [0, 0.1) is 19.8 Å². The second-order valence-corrected chi connectivity index (χ2v) is 4.73. The summed E-state index contributed by atoms with van der Waals surface area (Å²) in [6.07, 6.45) is 2.17. The minimum atomic E-state index is 0.354. The van der Waals surface area contributed by atoms with Gasteiger partial charge in [-0.15, -0.1) is 0 Å². The van der Waals surface area contributed by atoms with Crippen molar-refractivity contribution in [3.05, 3.63) is 16.5 Å². The van der Waals surface area contributed by atoms with Crippen LogP contribution in [0.3, 0.4) is 0 Å². The van der Waals surface area contributed by atoms with Gasteiger partial charge in [-0.25, -0.2) is 9.97 Å². The number of ether oxygens (including phenoxy) is 1. The highest BCUT2D eigenvalue weighted by molar-refractivity contribution is 6.30. The van der Waals surface area contributed by atoms with Crippen LogP contribution in [0.15, 0.2) is 0 Å². The van der Waals surface area contributed by atoms with Crippen LogP contribution in [-0.2, 0) is 0 Å². The Hall–Kier alpha value is -0.830. The van der Waals surface area contributed by atoms with Gasteiger partial charge in [-0.3, -0.25) is 0 Å². The standard InChI is InChI=1S/C12H19ClN2O/c1-8(2)6-5-7-16-12-11(13)14-9(3)10(4)15-12/h8H,5-7H2,1-4H3. The SMILES string of the molecule is Cc1nc(Cl)c(OCCCC(C)C)nc1C. The van der Waals surface area contributed by atoms with Gasteiger partial charge in [-0.05, 0) is 32.6 Å². The van der Waals surface area contributed by atoms with E-state index in [1.807, 2.05) is 13.8 Å². The first-order valence-corrected chi connectivity index (χ1v) is 6.02. The van der Waals surface area contributed by atoms with Gasteiger partial charge < -0.3 is 4.74 Å². The lowest BCUT2D eigenvalue weighted by atomic mass is 10.1. The summed E-state index contributed by atoms with van der Waals surface area (Å²) in [7, 11) is 0. The largest absolute Gasteiger partial charge is 0.475 e. The molecule has 0 spiro atoms. The number of rotatable bonds is 5. The second-order valence-electron chi connectivity index (χ2n) is 4.37. The Balaban J connectivity index is 2.51. The molecule has 90 valence electrons. The van der Waals surface area contributed by atoms with Gasteiger partial charge in [0.05, 0.1) is 18.0 Å². The van der Waals surface area contributed by atoms with Crippen molar-refractivity contribution < 1.29 is 4.74 Å². The molecule has 16 heavy (non-hydrogen) atoms. The highest BCUT2D eigenvalue weighted by Gasteiger charge is 2.08.